The molecule has 0 fully saturated rings. The number of allylic oxidation sites excluding steroid dienone is 1. The predicted molar refractivity (Wildman–Crippen MR) is 58.1 cm³/mol. The van der Waals surface area contributed by atoms with Crippen LogP contribution < -0.4 is 0 Å². The molecule has 0 spiro atoms. The number of nitrogens with one attached hydrogen (secondary N) is 1. The maximum atomic E-state index is 9.49. The number of benzene rings is 1. The zero-order valence-electron chi connectivity index (χ0n) is 7.21. The summed E-state index contributed by atoms with van der Waals surface area (Å²) in [5.41, 5.74) is 1.05. The van der Waals surface area contributed by atoms with Crippen molar-refractivity contribution in [3.63, 3.8) is 0 Å². The molecule has 0 heterocycles. The Bertz CT molecular complexity index is 340. The molecule has 1 aromatic carbocycles. The summed E-state index contributed by atoms with van der Waals surface area (Å²) < 4.78 is 0.968. The van der Waals surface area contributed by atoms with Crippen LogP contribution in [0.1, 0.15) is 12.5 Å². The highest BCUT2D eigenvalue weighted by atomic mass is 79.9. The number of aliphatic hydroxyl groups is 1. The van der Waals surface area contributed by atoms with Crippen LogP contribution >= 0.6 is 15.9 Å². The molecule has 0 amide bonds. The lowest BCUT2D eigenvalue weighted by atomic mass is 10.1. The third-order valence-electron chi connectivity index (χ3n) is 1.49. The molecule has 0 saturated carbocycles. The maximum Gasteiger partial charge on any atom is 0.124 e. The topological polar surface area (TPSA) is 44.1 Å². The normalized spacial score (nSPS) is 11.4. The fourth-order valence-electron chi connectivity index (χ4n) is 0.909. The summed E-state index contributed by atoms with van der Waals surface area (Å²) >= 11 is 3.30. The first-order valence-electron chi connectivity index (χ1n) is 3.81. The van der Waals surface area contributed by atoms with Crippen molar-refractivity contribution in [2.24, 2.45) is 0 Å². The van der Waals surface area contributed by atoms with Crippen LogP contribution in [0.4, 0.5) is 0 Å². The van der Waals surface area contributed by atoms with Crippen LogP contribution in [0.5, 0.6) is 0 Å². The highest BCUT2D eigenvalue weighted by Crippen LogP contribution is 2.15. The van der Waals surface area contributed by atoms with Crippen molar-refractivity contribution in [2.45, 2.75) is 6.92 Å². The summed E-state index contributed by atoms with van der Waals surface area (Å²) in [5, 5.41) is 16.7. The molecular formula is C10H10BrNO. The third kappa shape index (κ3) is 3.03. The Morgan fingerprint density at radius 2 is 1.92 bits per heavy atom. The zero-order valence-corrected chi connectivity index (χ0v) is 8.80. The molecule has 0 saturated heterocycles. The van der Waals surface area contributed by atoms with Gasteiger partial charge in [-0.1, -0.05) is 28.1 Å². The van der Waals surface area contributed by atoms with E-state index in [-0.39, 0.29) is 5.76 Å². The van der Waals surface area contributed by atoms with Crippen molar-refractivity contribution in [3.05, 3.63) is 40.4 Å². The van der Waals surface area contributed by atoms with Gasteiger partial charge in [0.25, 0.3) is 0 Å². The smallest absolute Gasteiger partial charge is 0.124 e. The summed E-state index contributed by atoms with van der Waals surface area (Å²) in [7, 11) is 0. The van der Waals surface area contributed by atoms with E-state index in [1.807, 2.05) is 12.1 Å². The fourth-order valence-corrected chi connectivity index (χ4v) is 1.17. The lowest BCUT2D eigenvalue weighted by molar-refractivity contribution is 0.512. The largest absolute Gasteiger partial charge is 0.507 e. The first-order chi connectivity index (χ1) is 6.09. The van der Waals surface area contributed by atoms with Gasteiger partial charge >= 0.3 is 0 Å². The van der Waals surface area contributed by atoms with Crippen LogP contribution in [0, 0.1) is 5.41 Å². The minimum Gasteiger partial charge on any atom is -0.507 e. The average molecular weight is 240 g/mol. The van der Waals surface area contributed by atoms with Crippen molar-refractivity contribution in [3.8, 4) is 0 Å². The minimum absolute atomic E-state index is 0.125. The Morgan fingerprint density at radius 1 is 1.38 bits per heavy atom. The predicted octanol–water partition coefficient (Wildman–Crippen LogP) is 3.39. The molecule has 13 heavy (non-hydrogen) atoms. The number of halogens is 1. The zero-order chi connectivity index (χ0) is 9.84. The van der Waals surface area contributed by atoms with Crippen molar-refractivity contribution in [1.29, 1.82) is 5.41 Å². The van der Waals surface area contributed by atoms with Crippen LogP contribution in [0.15, 0.2) is 34.8 Å². The van der Waals surface area contributed by atoms with Crippen molar-refractivity contribution in [1.82, 2.24) is 0 Å². The van der Waals surface area contributed by atoms with E-state index in [9.17, 15) is 5.11 Å². The molecule has 0 bridgehead atoms. The monoisotopic (exact) mass is 239 g/mol. The van der Waals surface area contributed by atoms with Gasteiger partial charge in [0.15, 0.2) is 0 Å². The standard InChI is InChI=1S/C10H10BrNO/c1-7(12)6-10(13)8-2-4-9(11)5-3-8/h2-6,12-13H,1H3/b10-6-,12-7?. The molecule has 0 unspecified atom stereocenters. The molecular weight excluding hydrogens is 230 g/mol. The van der Waals surface area contributed by atoms with Gasteiger partial charge in [-0.25, -0.2) is 0 Å². The van der Waals surface area contributed by atoms with Crippen molar-refractivity contribution in [2.75, 3.05) is 0 Å². The van der Waals surface area contributed by atoms with Gasteiger partial charge in [-0.2, -0.15) is 0 Å². The number of aliphatic hydroxyl groups excluding tert-OH is 1. The Morgan fingerprint density at radius 3 is 2.38 bits per heavy atom. The quantitative estimate of drug-likeness (QED) is 0.603. The van der Waals surface area contributed by atoms with E-state index in [1.165, 1.54) is 6.08 Å². The average Bonchev–Trinajstić information content (AvgIpc) is 2.04. The van der Waals surface area contributed by atoms with Gasteiger partial charge in [0, 0.05) is 21.8 Å². The van der Waals surface area contributed by atoms with Crippen LogP contribution in [0.3, 0.4) is 0 Å². The van der Waals surface area contributed by atoms with Gasteiger partial charge in [0.05, 0.1) is 0 Å². The third-order valence-corrected chi connectivity index (χ3v) is 2.02. The minimum atomic E-state index is 0.125. The van der Waals surface area contributed by atoms with Gasteiger partial charge in [0.1, 0.15) is 5.76 Å². The number of rotatable bonds is 2. The lowest BCUT2D eigenvalue weighted by Gasteiger charge is -1.99. The molecule has 0 aliphatic carbocycles. The second kappa shape index (κ2) is 4.23. The second-order valence-electron chi connectivity index (χ2n) is 2.72. The van der Waals surface area contributed by atoms with E-state index >= 15 is 0 Å². The molecule has 2 nitrogen and oxygen atoms in total. The molecule has 0 atom stereocenters. The van der Waals surface area contributed by atoms with Crippen LogP contribution in [0.2, 0.25) is 0 Å². The van der Waals surface area contributed by atoms with Gasteiger partial charge in [-0.05, 0) is 19.1 Å². The highest BCUT2D eigenvalue weighted by Gasteiger charge is 1.97. The van der Waals surface area contributed by atoms with E-state index < -0.39 is 0 Å². The van der Waals surface area contributed by atoms with Crippen molar-refractivity contribution >= 4 is 27.4 Å². The molecule has 0 aliphatic rings. The maximum absolute atomic E-state index is 9.49. The summed E-state index contributed by atoms with van der Waals surface area (Å²) in [6.07, 6.45) is 1.42. The molecule has 0 radical (unpaired) electrons. The Kier molecular flexibility index (Phi) is 3.25. The van der Waals surface area contributed by atoms with Gasteiger partial charge in [-0.3, -0.25) is 0 Å². The number of hydrogen-bond donors (Lipinski definition) is 2. The fraction of sp³-hybridized carbons (Fsp3) is 0.100. The second-order valence-corrected chi connectivity index (χ2v) is 3.64. The van der Waals surface area contributed by atoms with Gasteiger partial charge in [-0.15, -0.1) is 0 Å². The van der Waals surface area contributed by atoms with Crippen LogP contribution in [-0.2, 0) is 0 Å². The molecule has 1 aromatic rings. The summed E-state index contributed by atoms with van der Waals surface area (Å²) in [5.74, 6) is 0.125. The SMILES string of the molecule is CC(=N)/C=C(\O)c1ccc(Br)cc1. The van der Waals surface area contributed by atoms with E-state index in [1.54, 1.807) is 19.1 Å². The van der Waals surface area contributed by atoms with Gasteiger partial charge < -0.3 is 10.5 Å². The number of hydrogen-bond acceptors (Lipinski definition) is 2. The summed E-state index contributed by atoms with van der Waals surface area (Å²) in [4.78, 5) is 0. The van der Waals surface area contributed by atoms with E-state index in [2.05, 4.69) is 15.9 Å². The van der Waals surface area contributed by atoms with Gasteiger partial charge in [0.2, 0.25) is 0 Å². The van der Waals surface area contributed by atoms with Crippen molar-refractivity contribution < 1.29 is 5.11 Å². The summed E-state index contributed by atoms with van der Waals surface area (Å²) in [6, 6.07) is 7.27. The van der Waals surface area contributed by atoms with Crippen LogP contribution in [-0.4, -0.2) is 10.8 Å². The Labute approximate surface area is 85.5 Å². The van der Waals surface area contributed by atoms with E-state index in [4.69, 9.17) is 5.41 Å². The van der Waals surface area contributed by atoms with E-state index in [0.717, 1.165) is 10.0 Å². The Balaban J connectivity index is 2.96. The summed E-state index contributed by atoms with van der Waals surface area (Å²) in [6.45, 7) is 1.62. The van der Waals surface area contributed by atoms with Crippen LogP contribution in [0.25, 0.3) is 5.76 Å². The molecule has 2 N–H and O–H groups in total. The molecule has 68 valence electrons. The first-order valence-corrected chi connectivity index (χ1v) is 4.60. The Hall–Kier alpha value is -1.09. The molecule has 3 heteroatoms. The first kappa shape index (κ1) is 9.99. The highest BCUT2D eigenvalue weighted by molar-refractivity contribution is 9.10. The molecule has 1 rings (SSSR count). The molecule has 0 aliphatic heterocycles. The lowest BCUT2D eigenvalue weighted by Crippen LogP contribution is -1.87. The molecule has 0 aromatic heterocycles. The van der Waals surface area contributed by atoms with E-state index in [0.29, 0.717) is 5.71 Å².